The fourth-order valence-corrected chi connectivity index (χ4v) is 3.36. The lowest BCUT2D eigenvalue weighted by molar-refractivity contribution is 0.0774. The molecule has 118 valence electrons. The zero-order valence-corrected chi connectivity index (χ0v) is 13.0. The van der Waals surface area contributed by atoms with Crippen LogP contribution in [0.4, 0.5) is 0 Å². The summed E-state index contributed by atoms with van der Waals surface area (Å²) in [5.41, 5.74) is 0. The average Bonchev–Trinajstić information content (AvgIpc) is 2.49. The van der Waals surface area contributed by atoms with Gasteiger partial charge in [-0.15, -0.1) is 0 Å². The van der Waals surface area contributed by atoms with Crippen molar-refractivity contribution >= 4 is 10.0 Å². The summed E-state index contributed by atoms with van der Waals surface area (Å²) in [6.07, 6.45) is 1.69. The van der Waals surface area contributed by atoms with Crippen LogP contribution in [0.1, 0.15) is 12.8 Å². The van der Waals surface area contributed by atoms with Gasteiger partial charge in [0.25, 0.3) is 0 Å². The predicted octanol–water partition coefficient (Wildman–Crippen LogP) is 0.742. The van der Waals surface area contributed by atoms with Crippen LogP contribution in [0, 0.1) is 0 Å². The summed E-state index contributed by atoms with van der Waals surface area (Å²) in [7, 11) is -1.65. The van der Waals surface area contributed by atoms with Crippen molar-refractivity contribution in [2.45, 2.75) is 23.8 Å². The molecule has 0 aromatic heterocycles. The number of hydrogen-bond donors (Lipinski definition) is 2. The third-order valence-electron chi connectivity index (χ3n) is 3.24. The van der Waals surface area contributed by atoms with Crippen molar-refractivity contribution in [1.82, 2.24) is 10.0 Å². The Balaban J connectivity index is 1.95. The van der Waals surface area contributed by atoms with E-state index in [4.69, 9.17) is 9.47 Å². The molecule has 1 aliphatic heterocycles. The molecule has 1 saturated heterocycles. The van der Waals surface area contributed by atoms with Crippen LogP contribution in [0.2, 0.25) is 0 Å². The molecule has 1 fully saturated rings. The smallest absolute Gasteiger partial charge is 0.240 e. The molecule has 6 nitrogen and oxygen atoms in total. The van der Waals surface area contributed by atoms with Crippen molar-refractivity contribution < 1.29 is 17.9 Å². The minimum absolute atomic E-state index is 0.143. The zero-order chi connectivity index (χ0) is 15.1. The number of benzene rings is 1. The van der Waals surface area contributed by atoms with E-state index < -0.39 is 10.0 Å². The fourth-order valence-electron chi connectivity index (χ4n) is 2.11. The van der Waals surface area contributed by atoms with E-state index in [9.17, 15) is 8.42 Å². The molecule has 2 N–H and O–H groups in total. The molecule has 0 radical (unpaired) electrons. The molecule has 0 aliphatic carbocycles. The molecule has 1 aromatic carbocycles. The van der Waals surface area contributed by atoms with Crippen LogP contribution in [0.5, 0.6) is 5.75 Å². The first-order chi connectivity index (χ1) is 10.1. The van der Waals surface area contributed by atoms with Crippen molar-refractivity contribution in [2.75, 3.05) is 33.4 Å². The largest absolute Gasteiger partial charge is 0.492 e. The van der Waals surface area contributed by atoms with E-state index in [1.54, 1.807) is 24.3 Å². The molecular formula is C14H22N2O4S. The molecule has 1 aliphatic rings. The van der Waals surface area contributed by atoms with Crippen LogP contribution in [0.3, 0.4) is 0 Å². The van der Waals surface area contributed by atoms with Gasteiger partial charge in [-0.1, -0.05) is 0 Å². The Morgan fingerprint density at radius 2 is 2.10 bits per heavy atom. The minimum atomic E-state index is -3.50. The van der Waals surface area contributed by atoms with Gasteiger partial charge >= 0.3 is 0 Å². The normalized spacial score (nSPS) is 19.4. The molecule has 7 heteroatoms. The first kappa shape index (κ1) is 16.2. The van der Waals surface area contributed by atoms with Crippen molar-refractivity contribution in [2.24, 2.45) is 0 Å². The lowest BCUT2D eigenvalue weighted by atomic mass is 10.1. The van der Waals surface area contributed by atoms with Crippen LogP contribution in [0.15, 0.2) is 29.2 Å². The second-order valence-electron chi connectivity index (χ2n) is 4.96. The quantitative estimate of drug-likeness (QED) is 0.726. The van der Waals surface area contributed by atoms with Gasteiger partial charge in [0.05, 0.1) is 11.5 Å². The highest BCUT2D eigenvalue weighted by molar-refractivity contribution is 7.89. The molecule has 1 unspecified atom stereocenters. The summed E-state index contributed by atoms with van der Waals surface area (Å²) in [5.74, 6) is 0.658. The Kier molecular flexibility index (Phi) is 5.98. The Labute approximate surface area is 125 Å². The number of nitrogens with one attached hydrogen (secondary N) is 2. The van der Waals surface area contributed by atoms with Crippen LogP contribution in [-0.2, 0) is 14.8 Å². The summed E-state index contributed by atoms with van der Waals surface area (Å²) in [4.78, 5) is 0.244. The Hall–Kier alpha value is -1.15. The Bertz CT molecular complexity index is 524. The third-order valence-corrected chi connectivity index (χ3v) is 4.77. The first-order valence-electron chi connectivity index (χ1n) is 7.09. The van der Waals surface area contributed by atoms with E-state index in [1.807, 2.05) is 7.05 Å². The number of hydrogen-bond acceptors (Lipinski definition) is 5. The summed E-state index contributed by atoms with van der Waals surface area (Å²) in [6, 6.07) is 6.31. The minimum Gasteiger partial charge on any atom is -0.492 e. The Morgan fingerprint density at radius 3 is 2.71 bits per heavy atom. The third kappa shape index (κ3) is 4.96. The van der Waals surface area contributed by atoms with E-state index in [1.165, 1.54) is 0 Å². The molecule has 1 heterocycles. The summed E-state index contributed by atoms with van der Waals surface area (Å²) in [5, 5.41) is 2.98. The van der Waals surface area contributed by atoms with Gasteiger partial charge in [-0.05, 0) is 44.2 Å². The zero-order valence-electron chi connectivity index (χ0n) is 12.2. The highest BCUT2D eigenvalue weighted by atomic mass is 32.2. The predicted molar refractivity (Wildman–Crippen MR) is 80.0 cm³/mol. The van der Waals surface area contributed by atoms with Gasteiger partial charge in [-0.2, -0.15) is 0 Å². The van der Waals surface area contributed by atoms with Crippen molar-refractivity contribution in [1.29, 1.82) is 0 Å². The van der Waals surface area contributed by atoms with E-state index in [-0.39, 0.29) is 10.9 Å². The molecule has 1 atom stereocenters. The van der Waals surface area contributed by atoms with Gasteiger partial charge in [-0.25, -0.2) is 13.1 Å². The fraction of sp³-hybridized carbons (Fsp3) is 0.571. The average molecular weight is 314 g/mol. The van der Waals surface area contributed by atoms with E-state index in [0.717, 1.165) is 19.4 Å². The monoisotopic (exact) mass is 314 g/mol. The second-order valence-corrected chi connectivity index (χ2v) is 6.67. The van der Waals surface area contributed by atoms with Crippen molar-refractivity contribution in [3.8, 4) is 5.75 Å². The molecule has 0 spiro atoms. The van der Waals surface area contributed by atoms with Gasteiger partial charge < -0.3 is 14.8 Å². The highest BCUT2D eigenvalue weighted by Crippen LogP contribution is 2.17. The maximum absolute atomic E-state index is 12.3. The number of likely N-dealkylation sites (N-methyl/N-ethyl adjacent to an activating group) is 1. The van der Waals surface area contributed by atoms with E-state index in [0.29, 0.717) is 25.6 Å². The molecule has 0 amide bonds. The molecule has 0 bridgehead atoms. The van der Waals surface area contributed by atoms with Crippen LogP contribution >= 0.6 is 0 Å². The topological polar surface area (TPSA) is 76.7 Å². The molecule has 0 saturated carbocycles. The van der Waals surface area contributed by atoms with Gasteiger partial charge in [-0.3, -0.25) is 0 Å². The first-order valence-corrected chi connectivity index (χ1v) is 8.57. The highest BCUT2D eigenvalue weighted by Gasteiger charge is 2.22. The lowest BCUT2D eigenvalue weighted by Crippen LogP contribution is -2.40. The van der Waals surface area contributed by atoms with E-state index in [2.05, 4.69) is 10.0 Å². The standard InChI is InChI=1S/C14H22N2O4S/c1-15-8-10-20-13-4-6-14(7-5-13)21(17,18)16-12-3-2-9-19-11-12/h4-7,12,15-16H,2-3,8-11H2,1H3. The maximum Gasteiger partial charge on any atom is 0.240 e. The SMILES string of the molecule is CNCCOc1ccc(S(=O)(=O)NC2CCCOC2)cc1. The van der Waals surface area contributed by atoms with Crippen molar-refractivity contribution in [3.05, 3.63) is 24.3 Å². The van der Waals surface area contributed by atoms with Gasteiger partial charge in [0.1, 0.15) is 12.4 Å². The molecule has 2 rings (SSSR count). The van der Waals surface area contributed by atoms with Crippen LogP contribution in [-0.4, -0.2) is 47.9 Å². The summed E-state index contributed by atoms with van der Waals surface area (Å²) >= 11 is 0. The summed E-state index contributed by atoms with van der Waals surface area (Å²) in [6.45, 7) is 2.42. The van der Waals surface area contributed by atoms with E-state index >= 15 is 0 Å². The van der Waals surface area contributed by atoms with Gasteiger partial charge in [0, 0.05) is 19.2 Å². The number of ether oxygens (including phenoxy) is 2. The lowest BCUT2D eigenvalue weighted by Gasteiger charge is -2.23. The van der Waals surface area contributed by atoms with Crippen molar-refractivity contribution in [3.63, 3.8) is 0 Å². The molecular weight excluding hydrogens is 292 g/mol. The second kappa shape index (κ2) is 7.74. The van der Waals surface area contributed by atoms with Gasteiger partial charge in [0.2, 0.25) is 10.0 Å². The number of rotatable bonds is 7. The Morgan fingerprint density at radius 1 is 1.33 bits per heavy atom. The van der Waals surface area contributed by atoms with Crippen LogP contribution in [0.25, 0.3) is 0 Å². The molecule has 21 heavy (non-hydrogen) atoms. The summed E-state index contributed by atoms with van der Waals surface area (Å²) < 4.78 is 37.9. The van der Waals surface area contributed by atoms with Crippen LogP contribution < -0.4 is 14.8 Å². The number of sulfonamides is 1. The van der Waals surface area contributed by atoms with Gasteiger partial charge in [0.15, 0.2) is 0 Å². The molecule has 1 aromatic rings. The maximum atomic E-state index is 12.3.